The molecule has 0 fully saturated rings. The number of hydrogen-bond acceptors (Lipinski definition) is 6. The van der Waals surface area contributed by atoms with E-state index in [1.165, 1.54) is 36.3 Å². The number of hydrogen-bond donors (Lipinski definition) is 0. The van der Waals surface area contributed by atoms with Gasteiger partial charge in [-0.15, -0.1) is 11.3 Å². The maximum absolute atomic E-state index is 13.6. The molecule has 0 unspecified atom stereocenters. The van der Waals surface area contributed by atoms with Crippen LogP contribution >= 0.6 is 11.3 Å². The van der Waals surface area contributed by atoms with Gasteiger partial charge in [-0.05, 0) is 65.9 Å². The number of halogens is 1. The molecular formula is C26H27FN2O5S. The summed E-state index contributed by atoms with van der Waals surface area (Å²) in [6.45, 7) is 3.32. The first kappa shape index (κ1) is 24.7. The SMILES string of the molecule is COCCN(CC(=O)N(Cc1ccc2c(c1)OCO2)Cc1sccc1C)C(=O)c1ccc(F)cc1. The molecule has 9 heteroatoms. The smallest absolute Gasteiger partial charge is 0.254 e. The molecule has 0 bridgehead atoms. The van der Waals surface area contributed by atoms with Crippen molar-refractivity contribution in [2.75, 3.05) is 33.6 Å². The zero-order valence-electron chi connectivity index (χ0n) is 19.7. The normalized spacial score (nSPS) is 12.0. The number of nitrogens with zero attached hydrogens (tertiary/aromatic N) is 2. The van der Waals surface area contributed by atoms with Crippen LogP contribution in [0.5, 0.6) is 11.5 Å². The molecule has 0 aliphatic carbocycles. The number of carbonyl (C=O) groups is 2. The molecule has 0 spiro atoms. The van der Waals surface area contributed by atoms with Crippen LogP contribution < -0.4 is 9.47 Å². The number of rotatable bonds is 10. The van der Waals surface area contributed by atoms with Gasteiger partial charge in [-0.1, -0.05) is 6.07 Å². The summed E-state index contributed by atoms with van der Waals surface area (Å²) < 4.78 is 29.4. The van der Waals surface area contributed by atoms with Gasteiger partial charge in [0.15, 0.2) is 11.5 Å². The largest absolute Gasteiger partial charge is 0.454 e. The maximum atomic E-state index is 13.6. The molecule has 0 radical (unpaired) electrons. The van der Waals surface area contributed by atoms with Crippen molar-refractivity contribution in [2.24, 2.45) is 0 Å². The average molecular weight is 499 g/mol. The Morgan fingerprint density at radius 2 is 1.80 bits per heavy atom. The summed E-state index contributed by atoms with van der Waals surface area (Å²) in [5.74, 6) is 0.335. The molecular weight excluding hydrogens is 471 g/mol. The highest BCUT2D eigenvalue weighted by Crippen LogP contribution is 2.33. The minimum absolute atomic E-state index is 0.130. The number of amides is 2. The van der Waals surface area contributed by atoms with E-state index in [2.05, 4.69) is 0 Å². The van der Waals surface area contributed by atoms with Gasteiger partial charge in [0, 0.05) is 30.6 Å². The fraction of sp³-hybridized carbons (Fsp3) is 0.308. The highest BCUT2D eigenvalue weighted by Gasteiger charge is 2.24. The molecule has 0 saturated heterocycles. The Labute approximate surface area is 207 Å². The molecule has 1 aliphatic heterocycles. The van der Waals surface area contributed by atoms with Gasteiger partial charge in [0.25, 0.3) is 5.91 Å². The van der Waals surface area contributed by atoms with Crippen molar-refractivity contribution in [1.82, 2.24) is 9.80 Å². The number of methoxy groups -OCH3 is 1. The number of ether oxygens (including phenoxy) is 3. The van der Waals surface area contributed by atoms with Gasteiger partial charge in [-0.25, -0.2) is 4.39 Å². The molecule has 2 aromatic carbocycles. The second kappa shape index (κ2) is 11.3. The molecule has 7 nitrogen and oxygen atoms in total. The molecule has 1 aliphatic rings. The second-order valence-corrected chi connectivity index (χ2v) is 9.19. The summed E-state index contributed by atoms with van der Waals surface area (Å²) in [6, 6.07) is 12.9. The van der Waals surface area contributed by atoms with Crippen molar-refractivity contribution in [1.29, 1.82) is 0 Å². The minimum atomic E-state index is -0.428. The predicted octanol–water partition coefficient (Wildman–Crippen LogP) is 4.24. The van der Waals surface area contributed by atoms with E-state index in [1.807, 2.05) is 36.6 Å². The quantitative estimate of drug-likeness (QED) is 0.418. The van der Waals surface area contributed by atoms with E-state index in [9.17, 15) is 14.0 Å². The first-order valence-corrected chi connectivity index (χ1v) is 12.1. The minimum Gasteiger partial charge on any atom is -0.454 e. The standard InChI is InChI=1S/C26H27FN2O5S/c1-18-9-12-35-24(18)15-29(14-19-3-8-22-23(13-19)34-17-33-22)25(30)16-28(10-11-32-2)26(31)20-4-6-21(27)7-5-20/h3-9,12-13H,10-11,14-17H2,1-2H3. The molecule has 1 aromatic heterocycles. The van der Waals surface area contributed by atoms with Crippen molar-refractivity contribution >= 4 is 23.2 Å². The topological polar surface area (TPSA) is 68.3 Å². The van der Waals surface area contributed by atoms with E-state index in [1.54, 1.807) is 16.2 Å². The van der Waals surface area contributed by atoms with Crippen LogP contribution in [0.25, 0.3) is 0 Å². The van der Waals surface area contributed by atoms with E-state index in [0.29, 0.717) is 30.2 Å². The van der Waals surface area contributed by atoms with E-state index in [0.717, 1.165) is 16.0 Å². The molecule has 0 atom stereocenters. The fourth-order valence-corrected chi connectivity index (χ4v) is 4.64. The van der Waals surface area contributed by atoms with Crippen molar-refractivity contribution in [3.63, 3.8) is 0 Å². The van der Waals surface area contributed by atoms with Gasteiger partial charge in [0.1, 0.15) is 12.4 Å². The van der Waals surface area contributed by atoms with E-state index in [4.69, 9.17) is 14.2 Å². The lowest BCUT2D eigenvalue weighted by Crippen LogP contribution is -2.43. The fourth-order valence-electron chi connectivity index (χ4n) is 3.72. The van der Waals surface area contributed by atoms with Crippen LogP contribution in [-0.2, 0) is 22.6 Å². The van der Waals surface area contributed by atoms with Gasteiger partial charge < -0.3 is 24.0 Å². The second-order valence-electron chi connectivity index (χ2n) is 8.19. The predicted molar refractivity (Wildman–Crippen MR) is 130 cm³/mol. The van der Waals surface area contributed by atoms with Crippen molar-refractivity contribution in [2.45, 2.75) is 20.0 Å². The molecule has 0 saturated carbocycles. The zero-order chi connectivity index (χ0) is 24.8. The van der Waals surface area contributed by atoms with E-state index < -0.39 is 5.82 Å². The van der Waals surface area contributed by atoms with Gasteiger partial charge in [-0.2, -0.15) is 0 Å². The van der Waals surface area contributed by atoms with Gasteiger partial charge in [-0.3, -0.25) is 9.59 Å². The Balaban J connectivity index is 1.55. The molecule has 184 valence electrons. The summed E-state index contributed by atoms with van der Waals surface area (Å²) >= 11 is 1.59. The molecule has 2 amide bonds. The molecule has 2 heterocycles. The van der Waals surface area contributed by atoms with Crippen molar-refractivity contribution < 1.29 is 28.2 Å². The summed E-state index contributed by atoms with van der Waals surface area (Å²) in [5, 5.41) is 2.00. The Kier molecular flexibility index (Phi) is 7.99. The highest BCUT2D eigenvalue weighted by atomic mass is 32.1. The number of aryl methyl sites for hydroxylation is 1. The third-order valence-corrected chi connectivity index (χ3v) is 6.74. The summed E-state index contributed by atoms with van der Waals surface area (Å²) in [5.41, 5.74) is 2.31. The van der Waals surface area contributed by atoms with Crippen molar-refractivity contribution in [3.05, 3.63) is 81.3 Å². The van der Waals surface area contributed by atoms with Gasteiger partial charge >= 0.3 is 0 Å². The van der Waals surface area contributed by atoms with Crippen LogP contribution in [-0.4, -0.2) is 55.2 Å². The van der Waals surface area contributed by atoms with Gasteiger partial charge in [0.05, 0.1) is 13.2 Å². The lowest BCUT2D eigenvalue weighted by atomic mass is 10.1. The molecule has 0 N–H and O–H groups in total. The number of carbonyl (C=O) groups excluding carboxylic acids is 2. The number of benzene rings is 2. The zero-order valence-corrected chi connectivity index (χ0v) is 20.5. The Morgan fingerprint density at radius 1 is 1.03 bits per heavy atom. The van der Waals surface area contributed by atoms with E-state index >= 15 is 0 Å². The van der Waals surface area contributed by atoms with Crippen LogP contribution in [0.3, 0.4) is 0 Å². The molecule has 4 rings (SSSR count). The third kappa shape index (κ3) is 6.17. The van der Waals surface area contributed by atoms with Crippen LogP contribution in [0.4, 0.5) is 4.39 Å². The molecule has 3 aromatic rings. The summed E-state index contributed by atoms with van der Waals surface area (Å²) in [7, 11) is 1.54. The van der Waals surface area contributed by atoms with E-state index in [-0.39, 0.29) is 38.3 Å². The Hall–Kier alpha value is -3.43. The summed E-state index contributed by atoms with van der Waals surface area (Å²) in [4.78, 5) is 30.9. The Morgan fingerprint density at radius 3 is 2.51 bits per heavy atom. The van der Waals surface area contributed by atoms with Gasteiger partial charge in [0.2, 0.25) is 12.7 Å². The lowest BCUT2D eigenvalue weighted by molar-refractivity contribution is -0.133. The maximum Gasteiger partial charge on any atom is 0.254 e. The van der Waals surface area contributed by atoms with Crippen molar-refractivity contribution in [3.8, 4) is 11.5 Å². The Bertz CT molecular complexity index is 1180. The average Bonchev–Trinajstić information content (AvgIpc) is 3.49. The summed E-state index contributed by atoms with van der Waals surface area (Å²) in [6.07, 6.45) is 0. The first-order chi connectivity index (χ1) is 16.9. The monoisotopic (exact) mass is 498 g/mol. The van der Waals surface area contributed by atoms with Crippen LogP contribution in [0.1, 0.15) is 26.4 Å². The highest BCUT2D eigenvalue weighted by molar-refractivity contribution is 7.10. The van der Waals surface area contributed by atoms with Crippen LogP contribution in [0, 0.1) is 12.7 Å². The van der Waals surface area contributed by atoms with Crippen LogP contribution in [0.2, 0.25) is 0 Å². The first-order valence-electron chi connectivity index (χ1n) is 11.2. The molecule has 35 heavy (non-hydrogen) atoms. The lowest BCUT2D eigenvalue weighted by Gasteiger charge is -2.28. The number of fused-ring (bicyclic) bond motifs is 1. The third-order valence-electron chi connectivity index (χ3n) is 5.74. The number of thiophene rings is 1. The van der Waals surface area contributed by atoms with Crippen LogP contribution in [0.15, 0.2) is 53.9 Å².